The highest BCUT2D eigenvalue weighted by atomic mass is 79.9. The van der Waals surface area contributed by atoms with Crippen molar-refractivity contribution in [3.8, 4) is 0 Å². The number of anilines is 1. The summed E-state index contributed by atoms with van der Waals surface area (Å²) in [6.07, 6.45) is 2.33. The standard InChI is InChI=1S/C18H25N5O3.BrH/c1-11-7-19-8-12(2)23(11)10-17(25)21-13-3-5-15(20-9-13)14-4-6-16(24)22-18(14)26;/h3,5,9,11-12,14,19H,4,6-8,10H2,1-2H3,(H,21,25)(H,22,24,26);1H/t11-,12+,14?;. The molecule has 0 aliphatic carbocycles. The first-order valence-electron chi connectivity index (χ1n) is 9.00. The van der Waals surface area contributed by atoms with Crippen LogP contribution in [0.1, 0.15) is 38.3 Å². The summed E-state index contributed by atoms with van der Waals surface area (Å²) in [6, 6.07) is 4.08. The van der Waals surface area contributed by atoms with E-state index in [0.717, 1.165) is 13.1 Å². The van der Waals surface area contributed by atoms with Crippen molar-refractivity contribution in [3.63, 3.8) is 0 Å². The Morgan fingerprint density at radius 2 is 1.96 bits per heavy atom. The fraction of sp³-hybridized carbons (Fsp3) is 0.556. The van der Waals surface area contributed by atoms with E-state index in [2.05, 4.69) is 39.7 Å². The Morgan fingerprint density at radius 3 is 2.56 bits per heavy atom. The van der Waals surface area contributed by atoms with Gasteiger partial charge in [0.25, 0.3) is 0 Å². The molecule has 2 aliphatic rings. The number of hydrogen-bond donors (Lipinski definition) is 3. The van der Waals surface area contributed by atoms with Crippen LogP contribution in [0.5, 0.6) is 0 Å². The molecule has 148 valence electrons. The predicted molar refractivity (Wildman–Crippen MR) is 107 cm³/mol. The monoisotopic (exact) mass is 439 g/mol. The van der Waals surface area contributed by atoms with Gasteiger partial charge < -0.3 is 10.6 Å². The van der Waals surface area contributed by atoms with Crippen molar-refractivity contribution >= 4 is 40.4 Å². The van der Waals surface area contributed by atoms with E-state index in [4.69, 9.17) is 0 Å². The molecule has 3 rings (SSSR count). The van der Waals surface area contributed by atoms with E-state index in [0.29, 0.717) is 42.9 Å². The second-order valence-corrected chi connectivity index (χ2v) is 7.05. The van der Waals surface area contributed by atoms with Crippen molar-refractivity contribution in [3.05, 3.63) is 24.0 Å². The Kier molecular flexibility index (Phi) is 7.46. The first-order chi connectivity index (χ1) is 12.4. The summed E-state index contributed by atoms with van der Waals surface area (Å²) in [6.45, 7) is 6.29. The van der Waals surface area contributed by atoms with Gasteiger partial charge in [-0.15, -0.1) is 17.0 Å². The number of aromatic nitrogens is 1. The van der Waals surface area contributed by atoms with E-state index < -0.39 is 5.92 Å². The lowest BCUT2D eigenvalue weighted by atomic mass is 9.94. The van der Waals surface area contributed by atoms with E-state index in [1.807, 2.05) is 0 Å². The summed E-state index contributed by atoms with van der Waals surface area (Å²) in [5, 5.41) is 8.53. The van der Waals surface area contributed by atoms with E-state index in [1.54, 1.807) is 18.3 Å². The summed E-state index contributed by atoms with van der Waals surface area (Å²) in [5.74, 6) is -1.06. The highest BCUT2D eigenvalue weighted by Crippen LogP contribution is 2.23. The first kappa shape index (κ1) is 21.5. The van der Waals surface area contributed by atoms with Gasteiger partial charge >= 0.3 is 0 Å². The van der Waals surface area contributed by atoms with Crippen LogP contribution >= 0.6 is 17.0 Å². The molecule has 3 heterocycles. The number of nitrogens with zero attached hydrogens (tertiary/aromatic N) is 2. The molecule has 0 aromatic carbocycles. The Labute approximate surface area is 169 Å². The third kappa shape index (κ3) is 5.33. The molecule has 0 saturated carbocycles. The highest BCUT2D eigenvalue weighted by Gasteiger charge is 2.29. The maximum atomic E-state index is 12.3. The van der Waals surface area contributed by atoms with E-state index in [1.165, 1.54) is 0 Å². The lowest BCUT2D eigenvalue weighted by molar-refractivity contribution is -0.134. The number of amides is 3. The number of hydrogen-bond acceptors (Lipinski definition) is 6. The SMILES string of the molecule is Br.C[C@@H]1CNC[C@H](C)N1CC(=O)Nc1ccc(C2CCC(=O)NC2=O)nc1. The Morgan fingerprint density at radius 1 is 1.26 bits per heavy atom. The van der Waals surface area contributed by atoms with Crippen LogP contribution in [-0.2, 0) is 14.4 Å². The first-order valence-corrected chi connectivity index (χ1v) is 9.00. The lowest BCUT2D eigenvalue weighted by Crippen LogP contribution is -2.56. The van der Waals surface area contributed by atoms with Gasteiger partial charge in [-0.25, -0.2) is 0 Å². The Hall–Kier alpha value is -1.84. The van der Waals surface area contributed by atoms with E-state index in [9.17, 15) is 14.4 Å². The quantitative estimate of drug-likeness (QED) is 0.599. The summed E-state index contributed by atoms with van der Waals surface area (Å²) < 4.78 is 0. The van der Waals surface area contributed by atoms with Gasteiger partial charge in [0.1, 0.15) is 0 Å². The van der Waals surface area contributed by atoms with E-state index >= 15 is 0 Å². The molecule has 2 fully saturated rings. The predicted octanol–water partition coefficient (Wildman–Crippen LogP) is 0.800. The second kappa shape index (κ2) is 9.38. The summed E-state index contributed by atoms with van der Waals surface area (Å²) in [5.41, 5.74) is 1.21. The number of rotatable bonds is 4. The fourth-order valence-electron chi connectivity index (χ4n) is 3.51. The van der Waals surface area contributed by atoms with Crippen molar-refractivity contribution in [1.82, 2.24) is 20.5 Å². The van der Waals surface area contributed by atoms with Crippen LogP contribution < -0.4 is 16.0 Å². The largest absolute Gasteiger partial charge is 0.324 e. The smallest absolute Gasteiger partial charge is 0.238 e. The number of imide groups is 1. The van der Waals surface area contributed by atoms with Gasteiger partial charge in [-0.2, -0.15) is 0 Å². The molecule has 0 bridgehead atoms. The molecule has 27 heavy (non-hydrogen) atoms. The number of carbonyl (C=O) groups excluding carboxylic acids is 3. The molecule has 1 aromatic rings. The van der Waals surface area contributed by atoms with Crippen LogP contribution in [0, 0.1) is 0 Å². The molecule has 1 aromatic heterocycles. The Balaban J connectivity index is 0.00000261. The molecular formula is C18H26BrN5O3. The van der Waals surface area contributed by atoms with Gasteiger partial charge in [0, 0.05) is 31.6 Å². The summed E-state index contributed by atoms with van der Waals surface area (Å²) in [4.78, 5) is 41.9. The molecular weight excluding hydrogens is 414 g/mol. The zero-order chi connectivity index (χ0) is 18.7. The zero-order valence-corrected chi connectivity index (χ0v) is 17.2. The van der Waals surface area contributed by atoms with Crippen molar-refractivity contribution < 1.29 is 14.4 Å². The van der Waals surface area contributed by atoms with Gasteiger partial charge in [-0.1, -0.05) is 0 Å². The van der Waals surface area contributed by atoms with Gasteiger partial charge in [0.05, 0.1) is 30.0 Å². The molecule has 2 saturated heterocycles. The number of piperazine rings is 1. The van der Waals surface area contributed by atoms with Crippen LogP contribution in [0.4, 0.5) is 5.69 Å². The average Bonchev–Trinajstić information content (AvgIpc) is 2.59. The minimum atomic E-state index is -0.417. The third-order valence-corrected chi connectivity index (χ3v) is 5.00. The van der Waals surface area contributed by atoms with Gasteiger partial charge in [-0.05, 0) is 32.4 Å². The molecule has 0 radical (unpaired) electrons. The summed E-state index contributed by atoms with van der Waals surface area (Å²) in [7, 11) is 0. The van der Waals surface area contributed by atoms with Crippen molar-refractivity contribution in [2.45, 2.75) is 44.7 Å². The van der Waals surface area contributed by atoms with Crippen LogP contribution in [0.2, 0.25) is 0 Å². The number of carbonyl (C=O) groups is 3. The highest BCUT2D eigenvalue weighted by molar-refractivity contribution is 8.93. The molecule has 1 unspecified atom stereocenters. The topological polar surface area (TPSA) is 103 Å². The van der Waals surface area contributed by atoms with Gasteiger partial charge in [-0.3, -0.25) is 29.6 Å². The lowest BCUT2D eigenvalue weighted by Gasteiger charge is -2.38. The average molecular weight is 440 g/mol. The molecule has 9 heteroatoms. The Bertz CT molecular complexity index is 687. The molecule has 0 spiro atoms. The normalized spacial score (nSPS) is 26.1. The minimum absolute atomic E-state index is 0. The second-order valence-electron chi connectivity index (χ2n) is 7.05. The number of pyridine rings is 1. The van der Waals surface area contributed by atoms with Gasteiger partial charge in [0.2, 0.25) is 17.7 Å². The maximum Gasteiger partial charge on any atom is 0.238 e. The van der Waals surface area contributed by atoms with Crippen LogP contribution in [0.3, 0.4) is 0 Å². The number of nitrogens with one attached hydrogen (secondary N) is 3. The molecule has 3 amide bonds. The van der Waals surface area contributed by atoms with Crippen LogP contribution in [-0.4, -0.2) is 59.3 Å². The third-order valence-electron chi connectivity index (χ3n) is 5.00. The van der Waals surface area contributed by atoms with Crippen molar-refractivity contribution in [1.29, 1.82) is 0 Å². The summed E-state index contributed by atoms with van der Waals surface area (Å²) >= 11 is 0. The van der Waals surface area contributed by atoms with Gasteiger partial charge in [0.15, 0.2) is 0 Å². The maximum absolute atomic E-state index is 12.3. The van der Waals surface area contributed by atoms with Crippen LogP contribution in [0.25, 0.3) is 0 Å². The minimum Gasteiger partial charge on any atom is -0.324 e. The molecule has 3 N–H and O–H groups in total. The number of halogens is 1. The zero-order valence-electron chi connectivity index (χ0n) is 15.5. The van der Waals surface area contributed by atoms with Crippen molar-refractivity contribution in [2.75, 3.05) is 25.0 Å². The molecule has 8 nitrogen and oxygen atoms in total. The van der Waals surface area contributed by atoms with Crippen molar-refractivity contribution in [2.24, 2.45) is 0 Å². The van der Waals surface area contributed by atoms with Crippen LogP contribution in [0.15, 0.2) is 18.3 Å². The fourth-order valence-corrected chi connectivity index (χ4v) is 3.51. The van der Waals surface area contributed by atoms with E-state index in [-0.39, 0.29) is 34.7 Å². The number of piperidine rings is 1. The molecule has 3 atom stereocenters. The molecule has 2 aliphatic heterocycles.